The molecule has 2 amide bonds. The summed E-state index contributed by atoms with van der Waals surface area (Å²) in [4.78, 5) is 26.2. The van der Waals surface area contributed by atoms with Gasteiger partial charge in [-0.25, -0.2) is 4.39 Å². The number of alkyl halides is 1. The predicted octanol–water partition coefficient (Wildman–Crippen LogP) is 2.09. The van der Waals surface area contributed by atoms with Crippen molar-refractivity contribution in [2.24, 2.45) is 5.92 Å². The van der Waals surface area contributed by atoms with Crippen LogP contribution in [0.15, 0.2) is 24.3 Å². The number of halogens is 1. The van der Waals surface area contributed by atoms with E-state index in [0.717, 1.165) is 18.4 Å². The number of rotatable bonds is 6. The van der Waals surface area contributed by atoms with Crippen LogP contribution < -0.4 is 10.1 Å². The molecule has 5 nitrogen and oxygen atoms in total. The van der Waals surface area contributed by atoms with Gasteiger partial charge in [0.05, 0.1) is 13.5 Å². The fraction of sp³-hybridized carbons (Fsp3) is 0.579. The zero-order valence-electron chi connectivity index (χ0n) is 14.6. The largest absolute Gasteiger partial charge is 0.497 e. The Labute approximate surface area is 147 Å². The molecule has 0 spiro atoms. The molecule has 1 N–H and O–H groups in total. The highest BCUT2D eigenvalue weighted by Crippen LogP contribution is 2.30. The van der Waals surface area contributed by atoms with Crippen molar-refractivity contribution in [1.82, 2.24) is 10.2 Å². The number of hydrogen-bond acceptors (Lipinski definition) is 3. The number of amides is 2. The van der Waals surface area contributed by atoms with Crippen LogP contribution in [-0.2, 0) is 16.0 Å². The second-order valence-electron chi connectivity index (χ2n) is 7.03. The van der Waals surface area contributed by atoms with E-state index in [1.165, 1.54) is 0 Å². The molecule has 25 heavy (non-hydrogen) atoms. The van der Waals surface area contributed by atoms with E-state index < -0.39 is 11.6 Å². The molecule has 3 rings (SSSR count). The molecule has 1 aromatic rings. The van der Waals surface area contributed by atoms with Crippen molar-refractivity contribution < 1.29 is 18.7 Å². The van der Waals surface area contributed by atoms with Crippen molar-refractivity contribution in [3.8, 4) is 5.75 Å². The molecule has 1 aliphatic carbocycles. The molecule has 0 unspecified atom stereocenters. The lowest BCUT2D eigenvalue weighted by atomic mass is 9.92. The molecular formula is C19H25FN2O3. The first-order valence-corrected chi connectivity index (χ1v) is 8.88. The molecule has 0 radical (unpaired) electrons. The van der Waals surface area contributed by atoms with Crippen LogP contribution in [0.4, 0.5) is 4.39 Å². The zero-order valence-corrected chi connectivity index (χ0v) is 14.6. The number of methoxy groups -OCH3 is 1. The van der Waals surface area contributed by atoms with Gasteiger partial charge in [-0.1, -0.05) is 12.1 Å². The third kappa shape index (κ3) is 4.50. The smallest absolute Gasteiger partial charge is 0.257 e. The number of hydrogen-bond donors (Lipinski definition) is 1. The fourth-order valence-corrected chi connectivity index (χ4v) is 3.12. The van der Waals surface area contributed by atoms with Crippen LogP contribution in [0.5, 0.6) is 5.75 Å². The Hall–Kier alpha value is -2.11. The molecule has 136 valence electrons. The van der Waals surface area contributed by atoms with E-state index in [1.54, 1.807) is 12.0 Å². The van der Waals surface area contributed by atoms with Gasteiger partial charge in [0, 0.05) is 32.5 Å². The fourth-order valence-electron chi connectivity index (χ4n) is 3.12. The first-order valence-electron chi connectivity index (χ1n) is 8.88. The first kappa shape index (κ1) is 17.7. The van der Waals surface area contributed by atoms with Gasteiger partial charge in [-0.2, -0.15) is 0 Å². The summed E-state index contributed by atoms with van der Waals surface area (Å²) < 4.78 is 20.0. The highest BCUT2D eigenvalue weighted by Gasteiger charge is 2.42. The Bertz CT molecular complexity index is 637. The summed E-state index contributed by atoms with van der Waals surface area (Å²) in [5, 5.41) is 2.72. The number of piperidine rings is 1. The molecular weight excluding hydrogens is 323 g/mol. The molecule has 6 heteroatoms. The van der Waals surface area contributed by atoms with E-state index in [-0.39, 0.29) is 38.3 Å². The molecule has 1 aromatic carbocycles. The molecule has 2 aliphatic rings. The van der Waals surface area contributed by atoms with Crippen LogP contribution in [0.2, 0.25) is 0 Å². The minimum Gasteiger partial charge on any atom is -0.497 e. The second kappa shape index (κ2) is 7.42. The quantitative estimate of drug-likeness (QED) is 0.856. The summed E-state index contributed by atoms with van der Waals surface area (Å²) in [6.45, 7) is 1.12. The Morgan fingerprint density at radius 1 is 1.32 bits per heavy atom. The minimum atomic E-state index is -1.85. The van der Waals surface area contributed by atoms with Crippen LogP contribution in [-0.4, -0.2) is 49.1 Å². The van der Waals surface area contributed by atoms with E-state index >= 15 is 0 Å². The number of benzene rings is 1. The Kier molecular flexibility index (Phi) is 5.25. The number of carbonyl (C=O) groups excluding carboxylic acids is 2. The summed E-state index contributed by atoms with van der Waals surface area (Å²) in [6, 6.07) is 7.36. The zero-order chi connectivity index (χ0) is 17.9. The molecule has 1 saturated carbocycles. The van der Waals surface area contributed by atoms with Crippen molar-refractivity contribution in [2.45, 2.75) is 37.8 Å². The Morgan fingerprint density at radius 2 is 2.04 bits per heavy atom. The lowest BCUT2D eigenvalue weighted by Crippen LogP contribution is -2.52. The SMILES string of the molecule is COc1cccc(CC(=O)N2CCC(F)(C(=O)NCC3CC3)CC2)c1. The average molecular weight is 348 g/mol. The highest BCUT2D eigenvalue weighted by atomic mass is 19.1. The summed E-state index contributed by atoms with van der Waals surface area (Å²) in [7, 11) is 1.58. The van der Waals surface area contributed by atoms with Gasteiger partial charge in [-0.05, 0) is 36.5 Å². The molecule has 0 aromatic heterocycles. The van der Waals surface area contributed by atoms with Gasteiger partial charge in [0.25, 0.3) is 5.91 Å². The lowest BCUT2D eigenvalue weighted by Gasteiger charge is -2.35. The van der Waals surface area contributed by atoms with Crippen molar-refractivity contribution >= 4 is 11.8 Å². The van der Waals surface area contributed by atoms with Gasteiger partial charge in [0.1, 0.15) is 5.75 Å². The molecule has 1 saturated heterocycles. The molecule has 0 bridgehead atoms. The second-order valence-corrected chi connectivity index (χ2v) is 7.03. The Balaban J connectivity index is 1.50. The third-order valence-electron chi connectivity index (χ3n) is 5.05. The number of nitrogens with zero attached hydrogens (tertiary/aromatic N) is 1. The average Bonchev–Trinajstić information content (AvgIpc) is 3.44. The predicted molar refractivity (Wildman–Crippen MR) is 92.1 cm³/mol. The van der Waals surface area contributed by atoms with Gasteiger partial charge < -0.3 is 15.0 Å². The number of carbonyl (C=O) groups is 2. The number of likely N-dealkylation sites (tertiary alicyclic amines) is 1. The van der Waals surface area contributed by atoms with Crippen LogP contribution >= 0.6 is 0 Å². The van der Waals surface area contributed by atoms with E-state index in [2.05, 4.69) is 5.32 Å². The van der Waals surface area contributed by atoms with Crippen molar-refractivity contribution in [1.29, 1.82) is 0 Å². The standard InChI is InChI=1S/C19H25FN2O3/c1-25-16-4-2-3-15(11-16)12-17(23)22-9-7-19(20,8-10-22)18(24)21-13-14-5-6-14/h2-4,11,14H,5-10,12-13H2,1H3,(H,21,24). The maximum Gasteiger partial charge on any atom is 0.257 e. The van der Waals surface area contributed by atoms with E-state index in [9.17, 15) is 14.0 Å². The van der Waals surface area contributed by atoms with Gasteiger partial charge in [-0.3, -0.25) is 9.59 Å². The van der Waals surface area contributed by atoms with E-state index in [0.29, 0.717) is 18.2 Å². The first-order chi connectivity index (χ1) is 12.0. The van der Waals surface area contributed by atoms with Gasteiger partial charge in [-0.15, -0.1) is 0 Å². The summed E-state index contributed by atoms with van der Waals surface area (Å²) in [6.07, 6.45) is 2.61. The molecule has 2 fully saturated rings. The van der Waals surface area contributed by atoms with Crippen LogP contribution in [0.1, 0.15) is 31.2 Å². The third-order valence-corrected chi connectivity index (χ3v) is 5.05. The van der Waals surface area contributed by atoms with Crippen molar-refractivity contribution in [3.05, 3.63) is 29.8 Å². The van der Waals surface area contributed by atoms with Gasteiger partial charge in [0.2, 0.25) is 5.91 Å². The topological polar surface area (TPSA) is 58.6 Å². The molecule has 1 aliphatic heterocycles. The number of nitrogens with one attached hydrogen (secondary N) is 1. The Morgan fingerprint density at radius 3 is 2.68 bits per heavy atom. The maximum atomic E-state index is 14.8. The van der Waals surface area contributed by atoms with Gasteiger partial charge >= 0.3 is 0 Å². The molecule has 1 heterocycles. The maximum absolute atomic E-state index is 14.8. The number of ether oxygens (including phenoxy) is 1. The van der Waals surface area contributed by atoms with Crippen molar-refractivity contribution in [2.75, 3.05) is 26.7 Å². The molecule has 0 atom stereocenters. The lowest BCUT2D eigenvalue weighted by molar-refractivity contribution is -0.141. The van der Waals surface area contributed by atoms with Crippen LogP contribution in [0, 0.1) is 5.92 Å². The monoisotopic (exact) mass is 348 g/mol. The summed E-state index contributed by atoms with van der Waals surface area (Å²) >= 11 is 0. The van der Waals surface area contributed by atoms with Crippen molar-refractivity contribution in [3.63, 3.8) is 0 Å². The van der Waals surface area contributed by atoms with Crippen LogP contribution in [0.3, 0.4) is 0 Å². The van der Waals surface area contributed by atoms with Crippen LogP contribution in [0.25, 0.3) is 0 Å². The van der Waals surface area contributed by atoms with Gasteiger partial charge in [0.15, 0.2) is 5.67 Å². The van der Waals surface area contributed by atoms with E-state index in [4.69, 9.17) is 4.74 Å². The normalized spacial score (nSPS) is 19.4. The summed E-state index contributed by atoms with van der Waals surface area (Å²) in [5.74, 6) is 0.670. The van der Waals surface area contributed by atoms with E-state index in [1.807, 2.05) is 24.3 Å². The highest BCUT2D eigenvalue weighted by molar-refractivity contribution is 5.86. The summed E-state index contributed by atoms with van der Waals surface area (Å²) in [5.41, 5.74) is -0.981. The minimum absolute atomic E-state index is 0.0475.